The van der Waals surface area contributed by atoms with E-state index in [1.54, 1.807) is 39.3 Å². The number of hydrogen-bond donors (Lipinski definition) is 1. The van der Waals surface area contributed by atoms with Crippen molar-refractivity contribution in [1.29, 1.82) is 0 Å². The number of anilines is 1. The number of carbonyl (C=O) groups is 1. The van der Waals surface area contributed by atoms with Crippen LogP contribution in [0.3, 0.4) is 0 Å². The second kappa shape index (κ2) is 8.84. The van der Waals surface area contributed by atoms with Crippen LogP contribution in [-0.2, 0) is 10.2 Å². The van der Waals surface area contributed by atoms with Gasteiger partial charge in [0.15, 0.2) is 11.5 Å². The average molecular weight is 438 g/mol. The summed E-state index contributed by atoms with van der Waals surface area (Å²) in [6.45, 7) is 2.75. The first-order valence-corrected chi connectivity index (χ1v) is 10.7. The maximum absolute atomic E-state index is 12.9. The van der Waals surface area contributed by atoms with E-state index in [0.717, 1.165) is 19.4 Å². The number of carbonyl (C=O) groups excluding carboxylic acids is 1. The molecule has 32 heavy (non-hydrogen) atoms. The van der Waals surface area contributed by atoms with Crippen molar-refractivity contribution in [2.24, 2.45) is 0 Å². The molecule has 7 heteroatoms. The largest absolute Gasteiger partial charge is 0.761 e. The number of likely N-dealkylation sites (N-methyl/N-ethyl adjacent to an activating group) is 1. The number of fused-ring (bicyclic) bond motifs is 1. The molecule has 0 spiro atoms. The van der Waals surface area contributed by atoms with Crippen LogP contribution in [0.4, 0.5) is 5.69 Å². The van der Waals surface area contributed by atoms with E-state index in [4.69, 9.17) is 14.2 Å². The molecule has 0 bridgehead atoms. The standard InChI is InChI=1S/C25H29N2O5/c1-16-6-5-7-19(26-29)23(16)24(28)32-18-10-11-25(12-13-27(2)22(25)15-18)17-8-9-20(30-3)21(14-17)31-4/h5-10,14,22,26H,11-13,15H2,1-4H3/q-1/t22-,25-/m0/s1. The maximum Gasteiger partial charge on any atom is 0.345 e. The third-order valence-electron chi connectivity index (χ3n) is 6.94. The number of nitrogens with zero attached hydrogens (tertiary/aromatic N) is 1. The molecule has 1 heterocycles. The third kappa shape index (κ3) is 3.72. The van der Waals surface area contributed by atoms with Crippen molar-refractivity contribution in [2.75, 3.05) is 33.3 Å². The Kier molecular flexibility index (Phi) is 6.13. The van der Waals surface area contributed by atoms with Crippen molar-refractivity contribution in [1.82, 2.24) is 4.90 Å². The number of likely N-dealkylation sites (tertiary alicyclic amines) is 1. The van der Waals surface area contributed by atoms with Crippen LogP contribution in [0, 0.1) is 12.1 Å². The highest BCUT2D eigenvalue weighted by molar-refractivity contribution is 5.97. The first-order chi connectivity index (χ1) is 15.4. The molecule has 1 fully saturated rings. The van der Waals surface area contributed by atoms with Crippen LogP contribution in [-0.4, -0.2) is 44.7 Å². The number of hydrogen-bond acceptors (Lipinski definition) is 7. The van der Waals surface area contributed by atoms with Crippen LogP contribution in [0.5, 0.6) is 11.5 Å². The molecule has 0 unspecified atom stereocenters. The summed E-state index contributed by atoms with van der Waals surface area (Å²) in [4.78, 5) is 15.2. The minimum atomic E-state index is -0.507. The number of rotatable bonds is 6. The van der Waals surface area contributed by atoms with Gasteiger partial charge in [0, 0.05) is 23.6 Å². The monoisotopic (exact) mass is 437 g/mol. The van der Waals surface area contributed by atoms with Crippen LogP contribution in [0.2, 0.25) is 0 Å². The number of benzene rings is 2. The summed E-state index contributed by atoms with van der Waals surface area (Å²) in [5, 5.41) is 11.3. The molecular weight excluding hydrogens is 408 g/mol. The van der Waals surface area contributed by atoms with Gasteiger partial charge in [0.05, 0.1) is 19.8 Å². The topological polar surface area (TPSA) is 83.1 Å². The molecular formula is C25H29N2O5-. The van der Waals surface area contributed by atoms with Crippen LogP contribution in [0.25, 0.3) is 0 Å². The van der Waals surface area contributed by atoms with Gasteiger partial charge in [-0.25, -0.2) is 4.79 Å². The molecule has 2 aromatic rings. The lowest BCUT2D eigenvalue weighted by Gasteiger charge is -2.40. The minimum Gasteiger partial charge on any atom is -0.761 e. The molecule has 0 radical (unpaired) electrons. The summed E-state index contributed by atoms with van der Waals surface area (Å²) in [5.41, 5.74) is 4.16. The summed E-state index contributed by atoms with van der Waals surface area (Å²) in [5.74, 6) is 1.56. The Bertz CT molecular complexity index is 1050. The fourth-order valence-corrected chi connectivity index (χ4v) is 5.16. The second-order valence-electron chi connectivity index (χ2n) is 8.54. The first kappa shape index (κ1) is 22.2. The van der Waals surface area contributed by atoms with Crippen molar-refractivity contribution >= 4 is 11.7 Å². The van der Waals surface area contributed by atoms with Crippen molar-refractivity contribution in [3.05, 3.63) is 70.1 Å². The summed E-state index contributed by atoms with van der Waals surface area (Å²) in [6.07, 6.45) is 4.39. The van der Waals surface area contributed by atoms with Crippen LogP contribution in [0.1, 0.15) is 40.7 Å². The highest BCUT2D eigenvalue weighted by Gasteiger charge is 2.49. The van der Waals surface area contributed by atoms with E-state index < -0.39 is 5.97 Å². The highest BCUT2D eigenvalue weighted by Crippen LogP contribution is 2.49. The Labute approximate surface area is 188 Å². The molecule has 1 saturated heterocycles. The number of allylic oxidation sites excluding steroid dienone is 1. The van der Waals surface area contributed by atoms with Gasteiger partial charge in [-0.3, -0.25) is 0 Å². The number of aryl methyl sites for hydroxylation is 1. The molecule has 2 aromatic carbocycles. The molecule has 7 nitrogen and oxygen atoms in total. The molecule has 1 aliphatic carbocycles. The zero-order valence-corrected chi connectivity index (χ0v) is 18.9. The van der Waals surface area contributed by atoms with Gasteiger partial charge in [-0.15, -0.1) is 0 Å². The second-order valence-corrected chi connectivity index (χ2v) is 8.54. The van der Waals surface area contributed by atoms with Gasteiger partial charge in [-0.1, -0.05) is 18.2 Å². The zero-order valence-electron chi connectivity index (χ0n) is 18.9. The Balaban J connectivity index is 1.62. The van der Waals surface area contributed by atoms with Gasteiger partial charge in [0.1, 0.15) is 5.76 Å². The van der Waals surface area contributed by atoms with Gasteiger partial charge < -0.3 is 29.8 Å². The summed E-state index contributed by atoms with van der Waals surface area (Å²) in [7, 11) is 5.39. The van der Waals surface area contributed by atoms with Gasteiger partial charge in [0.25, 0.3) is 0 Å². The SMILES string of the molecule is COc1ccc([C@@]23CC=C(OC(=O)c4c(C)cccc4N[O-])C[C@@H]2N(C)CC3)cc1OC. The molecule has 0 saturated carbocycles. The van der Waals surface area contributed by atoms with E-state index in [1.807, 2.05) is 17.6 Å². The van der Waals surface area contributed by atoms with Crippen molar-refractivity contribution in [2.45, 2.75) is 37.6 Å². The lowest BCUT2D eigenvalue weighted by Crippen LogP contribution is -2.43. The number of nitrogens with one attached hydrogen (secondary N) is 1. The number of ether oxygens (including phenoxy) is 3. The van der Waals surface area contributed by atoms with E-state index in [9.17, 15) is 10.0 Å². The molecule has 2 atom stereocenters. The minimum absolute atomic E-state index is 0.0887. The van der Waals surface area contributed by atoms with Gasteiger partial charge >= 0.3 is 5.97 Å². The lowest BCUT2D eigenvalue weighted by molar-refractivity contribution is 0.0580. The fourth-order valence-electron chi connectivity index (χ4n) is 5.16. The molecule has 0 aromatic heterocycles. The molecule has 1 aliphatic heterocycles. The Morgan fingerprint density at radius 3 is 2.69 bits per heavy atom. The predicted molar refractivity (Wildman–Crippen MR) is 123 cm³/mol. The van der Waals surface area contributed by atoms with Gasteiger partial charge in [-0.05, 0) is 68.8 Å². The average Bonchev–Trinajstić information content (AvgIpc) is 3.15. The lowest BCUT2D eigenvalue weighted by atomic mass is 9.68. The molecule has 4 rings (SSSR count). The van der Waals surface area contributed by atoms with Crippen molar-refractivity contribution in [3.8, 4) is 11.5 Å². The molecule has 1 N–H and O–H groups in total. The van der Waals surface area contributed by atoms with Crippen molar-refractivity contribution < 1.29 is 19.0 Å². The molecule has 170 valence electrons. The predicted octanol–water partition coefficient (Wildman–Crippen LogP) is 4.40. The van der Waals surface area contributed by atoms with Crippen LogP contribution in [0.15, 0.2) is 48.2 Å². The molecule has 2 aliphatic rings. The van der Waals surface area contributed by atoms with E-state index >= 15 is 0 Å². The highest BCUT2D eigenvalue weighted by atomic mass is 16.5. The number of methoxy groups -OCH3 is 2. The quantitative estimate of drug-likeness (QED) is 0.530. The molecule has 0 amide bonds. The normalized spacial score (nSPS) is 22.7. The summed E-state index contributed by atoms with van der Waals surface area (Å²) in [6, 6.07) is 11.4. The van der Waals surface area contributed by atoms with E-state index in [-0.39, 0.29) is 22.7 Å². The Morgan fingerprint density at radius 2 is 1.97 bits per heavy atom. The maximum atomic E-state index is 12.9. The fraction of sp³-hybridized carbons (Fsp3) is 0.400. The Morgan fingerprint density at radius 1 is 1.19 bits per heavy atom. The first-order valence-electron chi connectivity index (χ1n) is 10.7. The van der Waals surface area contributed by atoms with Crippen LogP contribution >= 0.6 is 0 Å². The Hall–Kier alpha value is -3.03. The smallest absolute Gasteiger partial charge is 0.345 e. The van der Waals surface area contributed by atoms with E-state index in [1.165, 1.54) is 5.56 Å². The zero-order chi connectivity index (χ0) is 22.9. The van der Waals surface area contributed by atoms with E-state index in [2.05, 4.69) is 24.1 Å². The summed E-state index contributed by atoms with van der Waals surface area (Å²) >= 11 is 0. The van der Waals surface area contributed by atoms with Gasteiger partial charge in [0.2, 0.25) is 0 Å². The van der Waals surface area contributed by atoms with E-state index in [0.29, 0.717) is 29.2 Å². The van der Waals surface area contributed by atoms with Crippen molar-refractivity contribution in [3.63, 3.8) is 0 Å². The van der Waals surface area contributed by atoms with Gasteiger partial charge in [-0.2, -0.15) is 0 Å². The number of esters is 1. The third-order valence-corrected chi connectivity index (χ3v) is 6.94. The summed E-state index contributed by atoms with van der Waals surface area (Å²) < 4.78 is 16.7. The van der Waals surface area contributed by atoms with Crippen LogP contribution < -0.4 is 15.0 Å².